The molecule has 3 heterocycles. The highest BCUT2D eigenvalue weighted by atomic mass is 32.2. The Kier molecular flexibility index (Phi) is 9.58. The zero-order valence-corrected chi connectivity index (χ0v) is 29.0. The van der Waals surface area contributed by atoms with Crippen molar-refractivity contribution in [1.29, 1.82) is 0 Å². The lowest BCUT2D eigenvalue weighted by Gasteiger charge is -2.35. The molecule has 2 bridgehead atoms. The first-order valence-electron chi connectivity index (χ1n) is 16.8. The summed E-state index contributed by atoms with van der Waals surface area (Å²) < 4.78 is 83.8. The summed E-state index contributed by atoms with van der Waals surface area (Å²) in [5.41, 5.74) is -5.66. The molecule has 1 aromatic heterocycles. The zero-order chi connectivity index (χ0) is 36.2. The maximum absolute atomic E-state index is 14.2. The highest BCUT2D eigenvalue weighted by molar-refractivity contribution is 7.88. The molecule has 50 heavy (non-hydrogen) atoms. The van der Waals surface area contributed by atoms with Crippen LogP contribution >= 0.6 is 0 Å². The van der Waals surface area contributed by atoms with Gasteiger partial charge in [-0.1, -0.05) is 33.6 Å². The van der Waals surface area contributed by atoms with E-state index in [0.717, 1.165) is 44.2 Å². The smallest absolute Gasteiger partial charge is 0.471 e. The maximum Gasteiger partial charge on any atom is 0.534 e. The van der Waals surface area contributed by atoms with Crippen LogP contribution in [-0.2, 0) is 35.6 Å². The number of alkyl halides is 3. The second-order valence-electron chi connectivity index (χ2n) is 14.7. The van der Waals surface area contributed by atoms with Crippen LogP contribution in [0, 0.1) is 23.2 Å². The summed E-state index contributed by atoms with van der Waals surface area (Å²) in [4.78, 5) is 50.9. The van der Waals surface area contributed by atoms with Crippen LogP contribution in [0.15, 0.2) is 18.2 Å². The van der Waals surface area contributed by atoms with E-state index in [4.69, 9.17) is 14.2 Å². The van der Waals surface area contributed by atoms with Crippen molar-refractivity contribution in [2.24, 2.45) is 23.2 Å². The Morgan fingerprint density at radius 2 is 1.76 bits per heavy atom. The van der Waals surface area contributed by atoms with E-state index in [-0.39, 0.29) is 41.9 Å². The van der Waals surface area contributed by atoms with E-state index in [2.05, 4.69) is 19.5 Å². The van der Waals surface area contributed by atoms with Crippen molar-refractivity contribution in [3.8, 4) is 11.6 Å². The van der Waals surface area contributed by atoms with E-state index in [1.54, 1.807) is 20.8 Å². The maximum atomic E-state index is 14.2. The molecule has 2 saturated carbocycles. The fraction of sp³-hybridized carbons (Fsp3) is 0.667. The molecule has 4 aliphatic rings. The number of methoxy groups -OCH3 is 1. The molecule has 2 amide bonds. The van der Waals surface area contributed by atoms with Crippen molar-refractivity contribution in [2.45, 2.75) is 102 Å². The van der Waals surface area contributed by atoms with Gasteiger partial charge in [0.2, 0.25) is 11.8 Å². The molecular formula is C33H41F3N4O9S. The number of carbonyl (C=O) groups is 3. The Labute approximate surface area is 287 Å². The predicted octanol–water partition coefficient (Wildman–Crippen LogP) is 4.66. The number of rotatable bonds is 3. The number of alkyl carbamates (subject to hydrolysis) is 1. The highest BCUT2D eigenvalue weighted by Gasteiger charge is 2.55. The summed E-state index contributed by atoms with van der Waals surface area (Å²) in [6.07, 6.45) is 3.89. The SMILES string of the molecule is COC(=O)C1CC2CN1C(=O)C(C(C)(C)C)NC(=O)OC1CC3CC3C1CCCCCc1nc3ccc(OS(=O)(=O)C(F)(F)F)cc3nc1O2. The van der Waals surface area contributed by atoms with Gasteiger partial charge < -0.3 is 28.6 Å². The number of amides is 2. The fourth-order valence-corrected chi connectivity index (χ4v) is 7.94. The summed E-state index contributed by atoms with van der Waals surface area (Å²) in [7, 11) is -4.73. The van der Waals surface area contributed by atoms with Gasteiger partial charge in [0.1, 0.15) is 35.7 Å². The number of fused-ring (bicyclic) bond motifs is 7. The van der Waals surface area contributed by atoms with E-state index < -0.39 is 62.9 Å². The minimum atomic E-state index is -5.93. The molecule has 6 rings (SSSR count). The summed E-state index contributed by atoms with van der Waals surface area (Å²) in [5, 5.41) is 2.79. The molecule has 2 aliphatic carbocycles. The number of aryl methyl sites for hydroxylation is 1. The van der Waals surface area contributed by atoms with E-state index in [1.165, 1.54) is 18.1 Å². The molecular weight excluding hydrogens is 685 g/mol. The first-order valence-corrected chi connectivity index (χ1v) is 18.2. The summed E-state index contributed by atoms with van der Waals surface area (Å²) in [5.74, 6) is -0.545. The Morgan fingerprint density at radius 1 is 1.00 bits per heavy atom. The molecule has 13 nitrogen and oxygen atoms in total. The Hall–Kier alpha value is -3.89. The van der Waals surface area contributed by atoms with Gasteiger partial charge in [-0.3, -0.25) is 4.79 Å². The van der Waals surface area contributed by atoms with Crippen molar-refractivity contribution in [3.63, 3.8) is 0 Å². The minimum absolute atomic E-state index is 0.0120. The summed E-state index contributed by atoms with van der Waals surface area (Å²) in [6.45, 7) is 5.30. The van der Waals surface area contributed by atoms with Crippen LogP contribution in [-0.4, -0.2) is 84.7 Å². The second-order valence-corrected chi connectivity index (χ2v) is 16.2. The quantitative estimate of drug-likeness (QED) is 0.266. The van der Waals surface area contributed by atoms with Crippen LogP contribution in [0.3, 0.4) is 0 Å². The molecule has 3 fully saturated rings. The van der Waals surface area contributed by atoms with Gasteiger partial charge in [0.05, 0.1) is 24.7 Å². The number of aromatic nitrogens is 2. The van der Waals surface area contributed by atoms with Gasteiger partial charge in [0.15, 0.2) is 0 Å². The molecule has 17 heteroatoms. The number of esters is 1. The van der Waals surface area contributed by atoms with E-state index >= 15 is 0 Å². The highest BCUT2D eigenvalue weighted by Crippen LogP contribution is 2.57. The molecule has 1 saturated heterocycles. The number of hydrogen-bond donors (Lipinski definition) is 1. The minimum Gasteiger partial charge on any atom is -0.471 e. The number of nitrogens with zero attached hydrogens (tertiary/aromatic N) is 3. The third-order valence-electron chi connectivity index (χ3n) is 10.1. The van der Waals surface area contributed by atoms with Gasteiger partial charge in [-0.2, -0.15) is 21.6 Å². The van der Waals surface area contributed by atoms with Crippen LogP contribution in [0.25, 0.3) is 11.0 Å². The van der Waals surface area contributed by atoms with Gasteiger partial charge >= 0.3 is 27.7 Å². The lowest BCUT2D eigenvalue weighted by Crippen LogP contribution is -2.57. The van der Waals surface area contributed by atoms with Gasteiger partial charge in [-0.25, -0.2) is 19.6 Å². The first kappa shape index (κ1) is 35.9. The predicted molar refractivity (Wildman–Crippen MR) is 170 cm³/mol. The molecule has 2 aliphatic heterocycles. The largest absolute Gasteiger partial charge is 0.534 e. The zero-order valence-electron chi connectivity index (χ0n) is 28.2. The normalized spacial score (nSPS) is 29.3. The number of hydrogen-bond acceptors (Lipinski definition) is 11. The molecule has 1 aromatic carbocycles. The van der Waals surface area contributed by atoms with Crippen molar-refractivity contribution in [3.05, 3.63) is 23.9 Å². The second kappa shape index (κ2) is 13.3. The molecule has 0 radical (unpaired) electrons. The standard InChI is InChI=1S/C33H41F3N4O9S/c1-32(2,3)27-29(41)40-16-19(15-25(40)30(42)46-4)47-28-23(9-7-5-6-8-20-21-12-17(21)13-26(20)48-31(43)39-27)37-22-11-10-18(14-24(22)38-28)49-50(44,45)33(34,35)36/h10-11,14,17,19-21,25-27H,5-9,12-13,15-16H2,1-4H3,(H,39,43). The van der Waals surface area contributed by atoms with Gasteiger partial charge in [0.25, 0.3) is 0 Å². The molecule has 7 atom stereocenters. The topological polar surface area (TPSA) is 163 Å². The molecule has 0 spiro atoms. The Bertz CT molecular complexity index is 1770. The number of ether oxygens (including phenoxy) is 3. The number of carbonyl (C=O) groups excluding carboxylic acids is 3. The lowest BCUT2D eigenvalue weighted by atomic mass is 9.85. The number of nitrogens with one attached hydrogen (secondary N) is 1. The Balaban J connectivity index is 1.34. The summed E-state index contributed by atoms with van der Waals surface area (Å²) >= 11 is 0. The average molecular weight is 727 g/mol. The first-order chi connectivity index (χ1) is 23.4. The van der Waals surface area contributed by atoms with Crippen molar-refractivity contribution in [1.82, 2.24) is 20.2 Å². The van der Waals surface area contributed by atoms with Gasteiger partial charge in [0, 0.05) is 12.5 Å². The van der Waals surface area contributed by atoms with Crippen molar-refractivity contribution < 1.29 is 54.4 Å². The van der Waals surface area contributed by atoms with Crippen molar-refractivity contribution in [2.75, 3.05) is 13.7 Å². The van der Waals surface area contributed by atoms with Crippen LogP contribution in [0.4, 0.5) is 18.0 Å². The third-order valence-corrected chi connectivity index (χ3v) is 11.1. The lowest BCUT2D eigenvalue weighted by molar-refractivity contribution is -0.152. The van der Waals surface area contributed by atoms with Crippen LogP contribution in [0.2, 0.25) is 0 Å². The van der Waals surface area contributed by atoms with Crippen LogP contribution < -0.4 is 14.2 Å². The Morgan fingerprint density at radius 3 is 2.46 bits per heavy atom. The van der Waals surface area contributed by atoms with Gasteiger partial charge in [-0.15, -0.1) is 0 Å². The van der Waals surface area contributed by atoms with Crippen LogP contribution in [0.5, 0.6) is 11.6 Å². The number of benzene rings is 1. The fourth-order valence-electron chi connectivity index (χ4n) is 7.49. The van der Waals surface area contributed by atoms with Crippen molar-refractivity contribution >= 4 is 39.1 Å². The third kappa shape index (κ3) is 7.42. The van der Waals surface area contributed by atoms with E-state index in [1.807, 2.05) is 0 Å². The van der Waals surface area contributed by atoms with Crippen LogP contribution in [0.1, 0.15) is 71.4 Å². The summed E-state index contributed by atoms with van der Waals surface area (Å²) in [6, 6.07) is 1.27. The monoisotopic (exact) mass is 726 g/mol. The molecule has 7 unspecified atom stereocenters. The van der Waals surface area contributed by atoms with E-state index in [9.17, 15) is 36.0 Å². The average Bonchev–Trinajstić information content (AvgIpc) is 3.52. The molecule has 1 N–H and O–H groups in total. The van der Waals surface area contributed by atoms with Gasteiger partial charge in [-0.05, 0) is 67.4 Å². The number of halogens is 3. The van der Waals surface area contributed by atoms with E-state index in [0.29, 0.717) is 30.4 Å². The molecule has 2 aromatic rings. The molecule has 274 valence electrons.